The van der Waals surface area contributed by atoms with Crippen molar-refractivity contribution in [2.45, 2.75) is 71.1 Å². The lowest BCUT2D eigenvalue weighted by atomic mass is 10.1. The molecular formula is C18H40NO7S-. The maximum absolute atomic E-state index is 10.1. The highest BCUT2D eigenvalue weighted by Gasteiger charge is 2.00. The van der Waals surface area contributed by atoms with Crippen LogP contribution in [0.25, 0.3) is 0 Å². The highest BCUT2D eigenvalue weighted by molar-refractivity contribution is 7.80. The predicted octanol–water partition coefficient (Wildman–Crippen LogP) is 1.65. The van der Waals surface area contributed by atoms with Crippen molar-refractivity contribution in [2.24, 2.45) is 0 Å². The fraction of sp³-hybridized carbons (Fsp3) is 1.00. The Morgan fingerprint density at radius 3 is 1.44 bits per heavy atom. The minimum Gasteiger partial charge on any atom is -0.726 e. The molecule has 0 spiro atoms. The standard InChI is InChI=1S/C12H26O4S.C6H15NO3/c1-2-3-4-5-6-7-8-9-10-11-12-16-17(13,14)15;8-4-1-7(2-5-9)3-6-10/h2-12H2,1H3,(H,13,14,15);8-10H,1-6H2/p-1. The highest BCUT2D eigenvalue weighted by Crippen LogP contribution is 2.10. The molecule has 0 aliphatic carbocycles. The monoisotopic (exact) mass is 414 g/mol. The summed E-state index contributed by atoms with van der Waals surface area (Å²) in [7, 11) is -4.48. The van der Waals surface area contributed by atoms with Crippen molar-refractivity contribution in [1.29, 1.82) is 0 Å². The molecule has 0 unspecified atom stereocenters. The quantitative estimate of drug-likeness (QED) is 0.175. The van der Waals surface area contributed by atoms with Crippen LogP contribution in [-0.2, 0) is 14.6 Å². The van der Waals surface area contributed by atoms with Crippen molar-refractivity contribution < 1.29 is 32.5 Å². The number of rotatable bonds is 18. The van der Waals surface area contributed by atoms with E-state index in [0.29, 0.717) is 26.1 Å². The van der Waals surface area contributed by atoms with Crippen molar-refractivity contribution in [1.82, 2.24) is 4.90 Å². The van der Waals surface area contributed by atoms with E-state index in [4.69, 9.17) is 15.3 Å². The molecule has 0 radical (unpaired) electrons. The summed E-state index contributed by atoms with van der Waals surface area (Å²) in [5, 5.41) is 25.5. The van der Waals surface area contributed by atoms with Gasteiger partial charge in [0, 0.05) is 19.6 Å². The zero-order chi connectivity index (χ0) is 20.8. The largest absolute Gasteiger partial charge is 0.726 e. The van der Waals surface area contributed by atoms with Crippen molar-refractivity contribution in [3.63, 3.8) is 0 Å². The van der Waals surface area contributed by atoms with Gasteiger partial charge in [0.25, 0.3) is 0 Å². The van der Waals surface area contributed by atoms with Crippen LogP contribution in [0.5, 0.6) is 0 Å². The molecule has 0 aromatic carbocycles. The van der Waals surface area contributed by atoms with Crippen LogP contribution in [0.4, 0.5) is 0 Å². The first-order valence-corrected chi connectivity index (χ1v) is 11.4. The summed E-state index contributed by atoms with van der Waals surface area (Å²) in [6.45, 7) is 4.00. The van der Waals surface area contributed by atoms with Crippen molar-refractivity contribution >= 4 is 10.4 Å². The molecule has 0 aromatic heterocycles. The smallest absolute Gasteiger partial charge is 0.217 e. The molecule has 3 N–H and O–H groups in total. The fourth-order valence-electron chi connectivity index (χ4n) is 2.51. The van der Waals surface area contributed by atoms with E-state index in [0.717, 1.165) is 12.8 Å². The summed E-state index contributed by atoms with van der Waals surface area (Å²) >= 11 is 0. The molecule has 0 heterocycles. The van der Waals surface area contributed by atoms with E-state index in [-0.39, 0.29) is 26.4 Å². The molecule has 0 aliphatic heterocycles. The minimum atomic E-state index is -4.48. The Labute approximate surface area is 165 Å². The van der Waals surface area contributed by atoms with Gasteiger partial charge in [0.1, 0.15) is 0 Å². The molecule has 0 atom stereocenters. The first-order valence-electron chi connectivity index (χ1n) is 10.1. The molecule has 166 valence electrons. The Balaban J connectivity index is 0. The minimum absolute atomic E-state index is 0.0301. The van der Waals surface area contributed by atoms with Crippen LogP contribution in [0, 0.1) is 0 Å². The van der Waals surface area contributed by atoms with Crippen molar-refractivity contribution in [2.75, 3.05) is 46.1 Å². The Kier molecular flexibility index (Phi) is 23.6. The van der Waals surface area contributed by atoms with E-state index in [1.165, 1.54) is 44.9 Å². The third-order valence-electron chi connectivity index (χ3n) is 3.97. The van der Waals surface area contributed by atoms with Crippen LogP contribution in [0.1, 0.15) is 71.1 Å². The summed E-state index contributed by atoms with van der Waals surface area (Å²) < 4.78 is 34.5. The third kappa shape index (κ3) is 28.0. The van der Waals surface area contributed by atoms with Gasteiger partial charge in [-0.1, -0.05) is 64.7 Å². The number of nitrogens with zero attached hydrogens (tertiary/aromatic N) is 1. The van der Waals surface area contributed by atoms with Crippen LogP contribution in [0.15, 0.2) is 0 Å². The molecule has 0 aromatic rings. The summed E-state index contributed by atoms with van der Waals surface area (Å²) in [6.07, 6.45) is 11.7. The summed E-state index contributed by atoms with van der Waals surface area (Å²) in [6, 6.07) is 0. The van der Waals surface area contributed by atoms with Gasteiger partial charge in [0.05, 0.1) is 26.4 Å². The van der Waals surface area contributed by atoms with Gasteiger partial charge in [-0.3, -0.25) is 9.08 Å². The summed E-state index contributed by atoms with van der Waals surface area (Å²) in [5.41, 5.74) is 0. The van der Waals surface area contributed by atoms with Gasteiger partial charge in [0.15, 0.2) is 0 Å². The Hall–Kier alpha value is -0.290. The van der Waals surface area contributed by atoms with Gasteiger partial charge < -0.3 is 19.9 Å². The zero-order valence-electron chi connectivity index (χ0n) is 16.9. The second-order valence-corrected chi connectivity index (χ2v) is 7.48. The fourth-order valence-corrected chi connectivity index (χ4v) is 2.83. The first-order chi connectivity index (χ1) is 12.9. The topological polar surface area (TPSA) is 130 Å². The van der Waals surface area contributed by atoms with E-state index in [2.05, 4.69) is 11.1 Å². The second-order valence-electron chi connectivity index (χ2n) is 6.42. The number of hydrogen-bond donors (Lipinski definition) is 3. The molecule has 0 fully saturated rings. The van der Waals surface area contributed by atoms with Gasteiger partial charge in [-0.25, -0.2) is 8.42 Å². The Bertz CT molecular complexity index is 366. The van der Waals surface area contributed by atoms with E-state index in [9.17, 15) is 13.0 Å². The predicted molar refractivity (Wildman–Crippen MR) is 105 cm³/mol. The zero-order valence-corrected chi connectivity index (χ0v) is 17.7. The van der Waals surface area contributed by atoms with E-state index < -0.39 is 10.4 Å². The second kappa shape index (κ2) is 22.0. The first kappa shape index (κ1) is 28.9. The number of unbranched alkanes of at least 4 members (excludes halogenated alkanes) is 9. The summed E-state index contributed by atoms with van der Waals surface area (Å²) in [5.74, 6) is 0. The van der Waals surface area contributed by atoms with E-state index >= 15 is 0 Å². The molecule has 8 nitrogen and oxygen atoms in total. The average molecular weight is 415 g/mol. The number of aliphatic hydroxyl groups is 3. The molecule has 0 rings (SSSR count). The van der Waals surface area contributed by atoms with Crippen LogP contribution in [0.2, 0.25) is 0 Å². The Morgan fingerprint density at radius 2 is 1.11 bits per heavy atom. The van der Waals surface area contributed by atoms with Gasteiger partial charge in [-0.15, -0.1) is 0 Å². The van der Waals surface area contributed by atoms with Gasteiger partial charge >= 0.3 is 0 Å². The normalized spacial score (nSPS) is 11.5. The van der Waals surface area contributed by atoms with Gasteiger partial charge in [-0.05, 0) is 6.42 Å². The van der Waals surface area contributed by atoms with Gasteiger partial charge in [0.2, 0.25) is 10.4 Å². The highest BCUT2D eigenvalue weighted by atomic mass is 32.3. The van der Waals surface area contributed by atoms with E-state index in [1.807, 2.05) is 0 Å². The molecule has 0 amide bonds. The lowest BCUT2D eigenvalue weighted by Gasteiger charge is -2.17. The molecule has 0 saturated carbocycles. The number of aliphatic hydroxyl groups excluding tert-OH is 3. The summed E-state index contributed by atoms with van der Waals surface area (Å²) in [4.78, 5) is 1.79. The van der Waals surface area contributed by atoms with Crippen LogP contribution in [-0.4, -0.2) is 79.3 Å². The molecule has 0 saturated heterocycles. The SMILES string of the molecule is CCCCCCCCCCCCOS(=O)(=O)[O-].OCCN(CCO)CCO. The molecule has 0 aliphatic rings. The molecule has 27 heavy (non-hydrogen) atoms. The number of hydrogen-bond acceptors (Lipinski definition) is 8. The maximum Gasteiger partial charge on any atom is 0.217 e. The van der Waals surface area contributed by atoms with Crippen molar-refractivity contribution in [3.8, 4) is 0 Å². The lowest BCUT2D eigenvalue weighted by Crippen LogP contribution is -2.32. The van der Waals surface area contributed by atoms with Crippen LogP contribution < -0.4 is 0 Å². The van der Waals surface area contributed by atoms with E-state index in [1.54, 1.807) is 4.90 Å². The molecule has 9 heteroatoms. The lowest BCUT2D eigenvalue weighted by molar-refractivity contribution is 0.136. The third-order valence-corrected chi connectivity index (χ3v) is 4.43. The average Bonchev–Trinajstić information content (AvgIpc) is 2.60. The van der Waals surface area contributed by atoms with Gasteiger partial charge in [-0.2, -0.15) is 0 Å². The van der Waals surface area contributed by atoms with Crippen LogP contribution in [0.3, 0.4) is 0 Å². The maximum atomic E-state index is 10.1. The van der Waals surface area contributed by atoms with Crippen molar-refractivity contribution in [3.05, 3.63) is 0 Å². The molecule has 0 bridgehead atoms. The van der Waals surface area contributed by atoms with Crippen LogP contribution >= 0.6 is 0 Å². The molecular weight excluding hydrogens is 374 g/mol. The Morgan fingerprint density at radius 1 is 0.741 bits per heavy atom.